The number of carbonyl (C=O) groups is 1. The molecule has 0 radical (unpaired) electrons. The largest absolute Gasteiger partial charge is 0.481 e. The zero-order chi connectivity index (χ0) is 14.0. The number of carboxylic acid groups (broad SMARTS) is 1. The minimum Gasteiger partial charge on any atom is -0.481 e. The van der Waals surface area contributed by atoms with Gasteiger partial charge in [-0.1, -0.05) is 0 Å². The predicted molar refractivity (Wildman–Crippen MR) is 63.1 cm³/mol. The van der Waals surface area contributed by atoms with Crippen molar-refractivity contribution in [2.45, 2.75) is 33.4 Å². The summed E-state index contributed by atoms with van der Waals surface area (Å²) < 4.78 is 3.09. The van der Waals surface area contributed by atoms with Gasteiger partial charge in [0.1, 0.15) is 18.7 Å². The third-order valence-corrected chi connectivity index (χ3v) is 2.89. The van der Waals surface area contributed by atoms with Gasteiger partial charge in [0, 0.05) is 0 Å². The first-order valence-electron chi connectivity index (χ1n) is 5.75. The topological polar surface area (TPSA) is 112 Å². The number of rotatable bonds is 5. The molecule has 0 aromatic carbocycles. The molecule has 2 heterocycles. The highest BCUT2D eigenvalue weighted by molar-refractivity contribution is 5.73. The van der Waals surface area contributed by atoms with E-state index in [1.807, 2.05) is 6.92 Å². The molecule has 2 aromatic rings. The molecular formula is C10H15N7O2. The fourth-order valence-electron chi connectivity index (χ4n) is 1.60. The van der Waals surface area contributed by atoms with Gasteiger partial charge >= 0.3 is 5.97 Å². The molecule has 0 fully saturated rings. The van der Waals surface area contributed by atoms with Crippen LogP contribution in [-0.2, 0) is 11.3 Å². The van der Waals surface area contributed by atoms with Gasteiger partial charge in [0.05, 0.1) is 12.0 Å². The van der Waals surface area contributed by atoms with Crippen LogP contribution in [0.2, 0.25) is 0 Å². The fourth-order valence-corrected chi connectivity index (χ4v) is 1.60. The van der Waals surface area contributed by atoms with Crippen molar-refractivity contribution < 1.29 is 9.90 Å². The second-order valence-electron chi connectivity index (χ2n) is 4.94. The Kier molecular flexibility index (Phi) is 3.28. The summed E-state index contributed by atoms with van der Waals surface area (Å²) in [4.78, 5) is 15.0. The first-order chi connectivity index (χ1) is 8.92. The molecule has 0 aliphatic heterocycles. The maximum Gasteiger partial charge on any atom is 0.310 e. The van der Waals surface area contributed by atoms with Crippen LogP contribution in [0.25, 0.3) is 0 Å². The molecule has 2 aromatic heterocycles. The quantitative estimate of drug-likeness (QED) is 0.808. The van der Waals surface area contributed by atoms with Gasteiger partial charge in [-0.3, -0.25) is 4.79 Å². The van der Waals surface area contributed by atoms with Gasteiger partial charge in [-0.05, 0) is 31.2 Å². The molecule has 0 aliphatic rings. The van der Waals surface area contributed by atoms with E-state index in [9.17, 15) is 4.79 Å². The highest BCUT2D eigenvalue weighted by Crippen LogP contribution is 2.20. The summed E-state index contributed by atoms with van der Waals surface area (Å²) >= 11 is 0. The molecule has 0 spiro atoms. The Bertz CT molecular complexity index is 560. The molecule has 19 heavy (non-hydrogen) atoms. The van der Waals surface area contributed by atoms with Crippen LogP contribution in [0.5, 0.6) is 0 Å². The monoisotopic (exact) mass is 265 g/mol. The zero-order valence-electron chi connectivity index (χ0n) is 10.9. The minimum atomic E-state index is -0.952. The second kappa shape index (κ2) is 4.75. The number of aliphatic carboxylic acids is 1. The van der Waals surface area contributed by atoms with Crippen molar-refractivity contribution in [3.8, 4) is 0 Å². The Labute approximate surface area is 109 Å². The van der Waals surface area contributed by atoms with Crippen LogP contribution in [0.3, 0.4) is 0 Å². The summed E-state index contributed by atoms with van der Waals surface area (Å²) in [5.74, 6) is -0.359. The normalized spacial score (nSPS) is 13.4. The molecule has 2 rings (SSSR count). The van der Waals surface area contributed by atoms with Crippen LogP contribution in [0.15, 0.2) is 12.7 Å². The van der Waals surface area contributed by atoms with Crippen molar-refractivity contribution in [3.05, 3.63) is 18.5 Å². The number of aromatic nitrogens is 7. The van der Waals surface area contributed by atoms with Gasteiger partial charge in [-0.25, -0.2) is 14.3 Å². The summed E-state index contributed by atoms with van der Waals surface area (Å²) in [5, 5.41) is 24.6. The predicted octanol–water partition coefficient (Wildman–Crippen LogP) is -0.0153. The molecule has 0 saturated heterocycles. The molecular weight excluding hydrogens is 250 g/mol. The SMILES string of the molecule is CC(c1nnnn1CC(C)(C)C(=O)O)n1cncn1. The van der Waals surface area contributed by atoms with Crippen molar-refractivity contribution in [2.24, 2.45) is 5.41 Å². The Morgan fingerprint density at radius 2 is 2.26 bits per heavy atom. The van der Waals surface area contributed by atoms with Gasteiger partial charge in [-0.15, -0.1) is 5.10 Å². The smallest absolute Gasteiger partial charge is 0.310 e. The molecule has 9 heteroatoms. The summed E-state index contributed by atoms with van der Waals surface area (Å²) in [5.41, 5.74) is -0.952. The van der Waals surface area contributed by atoms with Crippen LogP contribution in [-0.4, -0.2) is 46.0 Å². The zero-order valence-corrected chi connectivity index (χ0v) is 10.9. The van der Waals surface area contributed by atoms with E-state index in [1.165, 1.54) is 11.0 Å². The first-order valence-corrected chi connectivity index (χ1v) is 5.75. The van der Waals surface area contributed by atoms with Gasteiger partial charge in [-0.2, -0.15) is 5.10 Å². The number of nitrogens with zero attached hydrogens (tertiary/aromatic N) is 7. The Hall–Kier alpha value is -2.32. The average molecular weight is 265 g/mol. The summed E-state index contributed by atoms with van der Waals surface area (Å²) in [6.45, 7) is 5.30. The molecule has 1 atom stereocenters. The van der Waals surface area contributed by atoms with E-state index in [1.54, 1.807) is 24.9 Å². The Balaban J connectivity index is 2.26. The van der Waals surface area contributed by atoms with Crippen LogP contribution < -0.4 is 0 Å². The lowest BCUT2D eigenvalue weighted by molar-refractivity contribution is -0.147. The van der Waals surface area contributed by atoms with E-state index >= 15 is 0 Å². The lowest BCUT2D eigenvalue weighted by atomic mass is 9.94. The summed E-state index contributed by atoms with van der Waals surface area (Å²) in [7, 11) is 0. The molecule has 0 bridgehead atoms. The van der Waals surface area contributed by atoms with Crippen LogP contribution in [0.1, 0.15) is 32.6 Å². The first kappa shape index (κ1) is 13.1. The Morgan fingerprint density at radius 3 is 2.84 bits per heavy atom. The molecule has 0 aliphatic carbocycles. The molecule has 1 N–H and O–H groups in total. The second-order valence-corrected chi connectivity index (χ2v) is 4.94. The van der Waals surface area contributed by atoms with Crippen LogP contribution >= 0.6 is 0 Å². The third kappa shape index (κ3) is 2.59. The molecule has 102 valence electrons. The standard InChI is InChI=1S/C10H15N7O2/c1-7(17-6-11-5-12-17)8-13-14-15-16(8)4-10(2,3)9(18)19/h5-7H,4H2,1-3H3,(H,18,19). The molecule has 9 nitrogen and oxygen atoms in total. The van der Waals surface area contributed by atoms with Crippen LogP contribution in [0, 0.1) is 5.41 Å². The van der Waals surface area contributed by atoms with Crippen molar-refractivity contribution in [3.63, 3.8) is 0 Å². The van der Waals surface area contributed by atoms with Crippen molar-refractivity contribution in [1.82, 2.24) is 35.0 Å². The van der Waals surface area contributed by atoms with Gasteiger partial charge in [0.2, 0.25) is 0 Å². The number of tetrazole rings is 1. The summed E-state index contributed by atoms with van der Waals surface area (Å²) in [6.07, 6.45) is 2.98. The molecule has 1 unspecified atom stereocenters. The van der Waals surface area contributed by atoms with E-state index in [2.05, 4.69) is 25.6 Å². The lowest BCUT2D eigenvalue weighted by Gasteiger charge is -2.20. The maximum absolute atomic E-state index is 11.1. The minimum absolute atomic E-state index is 0.184. The number of hydrogen-bond acceptors (Lipinski definition) is 6. The fraction of sp³-hybridized carbons (Fsp3) is 0.600. The van der Waals surface area contributed by atoms with Gasteiger partial charge < -0.3 is 5.11 Å². The van der Waals surface area contributed by atoms with Crippen molar-refractivity contribution >= 4 is 5.97 Å². The molecule has 0 saturated carbocycles. The van der Waals surface area contributed by atoms with E-state index in [0.717, 1.165) is 0 Å². The van der Waals surface area contributed by atoms with Gasteiger partial charge in [0.15, 0.2) is 5.82 Å². The van der Waals surface area contributed by atoms with E-state index < -0.39 is 11.4 Å². The average Bonchev–Trinajstić information content (AvgIpc) is 2.97. The maximum atomic E-state index is 11.1. The Morgan fingerprint density at radius 1 is 1.53 bits per heavy atom. The highest BCUT2D eigenvalue weighted by atomic mass is 16.4. The third-order valence-electron chi connectivity index (χ3n) is 2.89. The van der Waals surface area contributed by atoms with E-state index in [-0.39, 0.29) is 12.6 Å². The molecule has 0 amide bonds. The van der Waals surface area contributed by atoms with Crippen molar-refractivity contribution in [1.29, 1.82) is 0 Å². The number of carboxylic acids is 1. The van der Waals surface area contributed by atoms with Gasteiger partial charge in [0.25, 0.3) is 0 Å². The van der Waals surface area contributed by atoms with E-state index in [4.69, 9.17) is 5.11 Å². The summed E-state index contributed by atoms with van der Waals surface area (Å²) in [6, 6.07) is -0.220. The van der Waals surface area contributed by atoms with E-state index in [0.29, 0.717) is 5.82 Å². The lowest BCUT2D eigenvalue weighted by Crippen LogP contribution is -2.31. The van der Waals surface area contributed by atoms with Crippen LogP contribution in [0.4, 0.5) is 0 Å². The highest BCUT2D eigenvalue weighted by Gasteiger charge is 2.30. The number of hydrogen-bond donors (Lipinski definition) is 1. The van der Waals surface area contributed by atoms with Crippen molar-refractivity contribution in [2.75, 3.05) is 0 Å².